The van der Waals surface area contributed by atoms with Crippen LogP contribution in [0.15, 0.2) is 54.6 Å². The maximum atomic E-state index is 4.81. The number of anilines is 2. The molecule has 2 aromatic heterocycles. The average molecular weight is 328 g/mol. The van der Waals surface area contributed by atoms with Crippen molar-refractivity contribution in [1.29, 1.82) is 0 Å². The van der Waals surface area contributed by atoms with Gasteiger partial charge in [-0.2, -0.15) is 0 Å². The first-order valence-electron chi connectivity index (χ1n) is 8.38. The van der Waals surface area contributed by atoms with Crippen LogP contribution in [-0.4, -0.2) is 15.0 Å². The van der Waals surface area contributed by atoms with Gasteiger partial charge >= 0.3 is 0 Å². The first-order valence-corrected chi connectivity index (χ1v) is 8.38. The molecule has 124 valence electrons. The third-order valence-corrected chi connectivity index (χ3v) is 4.51. The molecule has 0 amide bonds. The fraction of sp³-hybridized carbons (Fsp3) is 0.143. The van der Waals surface area contributed by atoms with E-state index in [9.17, 15) is 0 Å². The highest BCUT2D eigenvalue weighted by Gasteiger charge is 2.12. The van der Waals surface area contributed by atoms with Gasteiger partial charge in [-0.15, -0.1) is 0 Å². The quantitative estimate of drug-likeness (QED) is 0.537. The molecule has 0 unspecified atom stereocenters. The molecule has 4 aromatic rings. The topological polar surface area (TPSA) is 53.6 Å². The minimum Gasteiger partial charge on any atom is -0.343 e. The Kier molecular flexibility index (Phi) is 3.73. The Morgan fingerprint density at radius 2 is 1.68 bits per heavy atom. The minimum atomic E-state index is 0.711. The van der Waals surface area contributed by atoms with Gasteiger partial charge in [0.05, 0.1) is 5.39 Å². The summed E-state index contributed by atoms with van der Waals surface area (Å²) >= 11 is 0. The van der Waals surface area contributed by atoms with Gasteiger partial charge in [-0.25, -0.2) is 9.97 Å². The molecule has 4 rings (SSSR count). The number of benzene rings is 2. The molecule has 0 bridgehead atoms. The number of hydrogen-bond donors (Lipinski definition) is 2. The molecule has 0 aliphatic heterocycles. The molecule has 25 heavy (non-hydrogen) atoms. The molecule has 2 N–H and O–H groups in total. The number of nitrogens with one attached hydrogen (secondary N) is 2. The summed E-state index contributed by atoms with van der Waals surface area (Å²) in [6.07, 6.45) is 0. The molecule has 0 saturated carbocycles. The van der Waals surface area contributed by atoms with Crippen LogP contribution >= 0.6 is 0 Å². The van der Waals surface area contributed by atoms with Crippen LogP contribution in [0.5, 0.6) is 0 Å². The lowest BCUT2D eigenvalue weighted by atomic mass is 10.1. The van der Waals surface area contributed by atoms with Crippen LogP contribution in [0.3, 0.4) is 0 Å². The molecule has 2 heterocycles. The molecular weight excluding hydrogens is 308 g/mol. The number of aryl methyl sites for hydroxylation is 2. The first kappa shape index (κ1) is 15.4. The number of H-pyrrole nitrogens is 1. The lowest BCUT2D eigenvalue weighted by Crippen LogP contribution is -2.00. The number of nitrogens with zero attached hydrogens (tertiary/aromatic N) is 2. The lowest BCUT2D eigenvalue weighted by Gasteiger charge is -2.12. The number of hydrogen-bond acceptors (Lipinski definition) is 3. The predicted molar refractivity (Wildman–Crippen MR) is 103 cm³/mol. The van der Waals surface area contributed by atoms with E-state index in [0.717, 1.165) is 33.8 Å². The summed E-state index contributed by atoms with van der Waals surface area (Å²) < 4.78 is 0. The highest BCUT2D eigenvalue weighted by atomic mass is 15.1. The van der Waals surface area contributed by atoms with E-state index in [4.69, 9.17) is 9.97 Å². The number of fused-ring (bicyclic) bond motifs is 1. The van der Waals surface area contributed by atoms with Crippen molar-refractivity contribution in [2.45, 2.75) is 20.8 Å². The second-order valence-electron chi connectivity index (χ2n) is 6.35. The second-order valence-corrected chi connectivity index (χ2v) is 6.35. The van der Waals surface area contributed by atoms with Gasteiger partial charge in [0.25, 0.3) is 0 Å². The van der Waals surface area contributed by atoms with Gasteiger partial charge in [-0.1, -0.05) is 42.5 Å². The van der Waals surface area contributed by atoms with Crippen molar-refractivity contribution in [2.24, 2.45) is 0 Å². The van der Waals surface area contributed by atoms with Crippen LogP contribution in [0, 0.1) is 20.8 Å². The SMILES string of the molecule is Cc1cc2c(Nc3cccc(C)c3C)nc(-c3ccccc3)nc2[nH]1. The third-order valence-electron chi connectivity index (χ3n) is 4.51. The molecular formula is C21H20N4. The van der Waals surface area contributed by atoms with Crippen molar-refractivity contribution in [2.75, 3.05) is 5.32 Å². The van der Waals surface area contributed by atoms with E-state index in [0.29, 0.717) is 5.82 Å². The fourth-order valence-electron chi connectivity index (χ4n) is 2.97. The van der Waals surface area contributed by atoms with Crippen molar-refractivity contribution < 1.29 is 0 Å². The summed E-state index contributed by atoms with van der Waals surface area (Å²) in [4.78, 5) is 12.8. The summed E-state index contributed by atoms with van der Waals surface area (Å²) in [6, 6.07) is 18.4. The summed E-state index contributed by atoms with van der Waals surface area (Å²) in [5.41, 5.74) is 6.46. The molecule has 4 heteroatoms. The standard InChI is InChI=1S/C21H20N4/c1-13-8-7-11-18(15(13)3)23-21-17-12-14(2)22-20(17)24-19(25-21)16-9-5-4-6-10-16/h4-12H,1-3H3,(H2,22,23,24,25). The first-order chi connectivity index (χ1) is 12.1. The van der Waals surface area contributed by atoms with E-state index in [1.54, 1.807) is 0 Å². The van der Waals surface area contributed by atoms with Crippen molar-refractivity contribution >= 4 is 22.5 Å². The lowest BCUT2D eigenvalue weighted by molar-refractivity contribution is 1.19. The van der Waals surface area contributed by atoms with Gasteiger partial charge in [0, 0.05) is 16.9 Å². The Hall–Kier alpha value is -3.14. The van der Waals surface area contributed by atoms with Gasteiger partial charge in [0.1, 0.15) is 11.5 Å². The van der Waals surface area contributed by atoms with Crippen molar-refractivity contribution in [3.05, 3.63) is 71.4 Å². The zero-order valence-electron chi connectivity index (χ0n) is 14.6. The summed E-state index contributed by atoms with van der Waals surface area (Å²) in [5, 5.41) is 4.51. The smallest absolute Gasteiger partial charge is 0.163 e. The molecule has 4 nitrogen and oxygen atoms in total. The zero-order valence-corrected chi connectivity index (χ0v) is 14.6. The monoisotopic (exact) mass is 328 g/mol. The highest BCUT2D eigenvalue weighted by molar-refractivity contribution is 5.91. The minimum absolute atomic E-state index is 0.711. The van der Waals surface area contributed by atoms with Crippen LogP contribution < -0.4 is 5.32 Å². The van der Waals surface area contributed by atoms with Crippen LogP contribution in [-0.2, 0) is 0 Å². The second kappa shape index (κ2) is 6.06. The van der Waals surface area contributed by atoms with E-state index >= 15 is 0 Å². The van der Waals surface area contributed by atoms with Crippen molar-refractivity contribution in [3.8, 4) is 11.4 Å². The zero-order chi connectivity index (χ0) is 17.4. The average Bonchev–Trinajstić information content (AvgIpc) is 3.00. The van der Waals surface area contributed by atoms with Crippen LogP contribution in [0.2, 0.25) is 0 Å². The van der Waals surface area contributed by atoms with E-state index in [1.807, 2.05) is 37.3 Å². The maximum Gasteiger partial charge on any atom is 0.163 e. The van der Waals surface area contributed by atoms with Gasteiger partial charge in [0.2, 0.25) is 0 Å². The third kappa shape index (κ3) is 2.87. The Labute approximate surface area is 147 Å². The number of aromatic amines is 1. The Morgan fingerprint density at radius 1 is 0.880 bits per heavy atom. The van der Waals surface area contributed by atoms with Gasteiger partial charge in [0.15, 0.2) is 5.82 Å². The Balaban J connectivity index is 1.88. The normalized spacial score (nSPS) is 11.0. The Morgan fingerprint density at radius 3 is 2.48 bits per heavy atom. The van der Waals surface area contributed by atoms with Gasteiger partial charge < -0.3 is 10.3 Å². The summed E-state index contributed by atoms with van der Waals surface area (Å²) in [5.74, 6) is 1.53. The fourth-order valence-corrected chi connectivity index (χ4v) is 2.97. The highest BCUT2D eigenvalue weighted by Crippen LogP contribution is 2.29. The molecule has 0 aliphatic rings. The van der Waals surface area contributed by atoms with Crippen molar-refractivity contribution in [1.82, 2.24) is 15.0 Å². The number of rotatable bonds is 3. The largest absolute Gasteiger partial charge is 0.343 e. The molecule has 2 aromatic carbocycles. The van der Waals surface area contributed by atoms with Crippen molar-refractivity contribution in [3.63, 3.8) is 0 Å². The molecule has 0 atom stereocenters. The van der Waals surface area contributed by atoms with Crippen LogP contribution in [0.25, 0.3) is 22.4 Å². The van der Waals surface area contributed by atoms with Gasteiger partial charge in [-0.05, 0) is 44.0 Å². The summed E-state index contributed by atoms with van der Waals surface area (Å²) in [7, 11) is 0. The summed E-state index contributed by atoms with van der Waals surface area (Å²) in [6.45, 7) is 6.27. The van der Waals surface area contributed by atoms with E-state index in [2.05, 4.69) is 48.4 Å². The molecule has 0 fully saturated rings. The van der Waals surface area contributed by atoms with E-state index < -0.39 is 0 Å². The molecule has 0 radical (unpaired) electrons. The Bertz CT molecular complexity index is 1050. The molecule has 0 spiro atoms. The van der Waals surface area contributed by atoms with Gasteiger partial charge in [-0.3, -0.25) is 0 Å². The van der Waals surface area contributed by atoms with Crippen LogP contribution in [0.4, 0.5) is 11.5 Å². The van der Waals surface area contributed by atoms with Crippen LogP contribution in [0.1, 0.15) is 16.8 Å². The molecule has 0 saturated heterocycles. The van der Waals surface area contributed by atoms with E-state index in [1.165, 1.54) is 11.1 Å². The predicted octanol–water partition coefficient (Wildman–Crippen LogP) is 5.29. The van der Waals surface area contributed by atoms with E-state index in [-0.39, 0.29) is 0 Å². The number of aromatic nitrogens is 3. The molecule has 0 aliphatic carbocycles. The maximum absolute atomic E-state index is 4.81.